The summed E-state index contributed by atoms with van der Waals surface area (Å²) in [5.41, 5.74) is 14.4. The number of halogens is 2. The lowest BCUT2D eigenvalue weighted by Crippen LogP contribution is -2.24. The number of hydrogen-bond acceptors (Lipinski definition) is 7. The van der Waals surface area contributed by atoms with Crippen LogP contribution in [0.5, 0.6) is 17.2 Å². The van der Waals surface area contributed by atoms with Crippen molar-refractivity contribution in [2.24, 2.45) is 0 Å². The van der Waals surface area contributed by atoms with E-state index in [4.69, 9.17) is 23.2 Å². The minimum absolute atomic E-state index is 0.0572. The Labute approximate surface area is 483 Å². The van der Waals surface area contributed by atoms with Crippen molar-refractivity contribution in [1.29, 1.82) is 0 Å². The van der Waals surface area contributed by atoms with E-state index >= 15 is 0 Å². The molecule has 0 aliphatic carbocycles. The third-order valence-corrected chi connectivity index (χ3v) is 15.9. The van der Waals surface area contributed by atoms with Crippen LogP contribution in [-0.2, 0) is 27.1 Å². The molecule has 0 aliphatic heterocycles. The highest BCUT2D eigenvalue weighted by atomic mass is 35.5. The lowest BCUT2D eigenvalue weighted by atomic mass is 9.72. The fraction of sp³-hybridized carbons (Fsp3) is 0.284. The molecule has 12 nitrogen and oxygen atoms in total. The molecule has 81 heavy (non-hydrogen) atoms. The molecule has 14 heteroatoms. The first-order valence-electron chi connectivity index (χ1n) is 27.3. The largest absolute Gasteiger partial charge is 0.505 e. The van der Waals surface area contributed by atoms with Gasteiger partial charge in [0.2, 0.25) is 0 Å². The van der Waals surface area contributed by atoms with Crippen LogP contribution < -0.4 is 0 Å². The summed E-state index contributed by atoms with van der Waals surface area (Å²) in [6.07, 6.45) is 0. The van der Waals surface area contributed by atoms with E-state index in [0.717, 1.165) is 72.2 Å². The second-order valence-corrected chi connectivity index (χ2v) is 26.2. The van der Waals surface area contributed by atoms with Crippen molar-refractivity contribution in [2.75, 3.05) is 0 Å². The highest BCUT2D eigenvalue weighted by Crippen LogP contribution is 2.45. The van der Waals surface area contributed by atoms with Crippen molar-refractivity contribution >= 4 is 56.3 Å². The van der Waals surface area contributed by atoms with E-state index in [2.05, 4.69) is 172 Å². The molecule has 8 aromatic carbocycles. The van der Waals surface area contributed by atoms with E-state index in [1.54, 1.807) is 16.9 Å². The molecular weight excluding hydrogens is 1050 g/mol. The van der Waals surface area contributed by atoms with Crippen molar-refractivity contribution in [3.63, 3.8) is 0 Å². The Balaban J connectivity index is 0.000000140. The molecule has 0 aliphatic rings. The summed E-state index contributed by atoms with van der Waals surface area (Å²) in [7, 11) is 0. The Bertz CT molecular complexity index is 4220. The van der Waals surface area contributed by atoms with E-state index in [1.807, 2.05) is 105 Å². The Morgan fingerprint density at radius 1 is 0.358 bits per heavy atom. The normalized spacial score (nSPS) is 12.6. The number of aryl methyl sites for hydroxylation is 1. The average molecular weight is 1120 g/mol. The van der Waals surface area contributed by atoms with Gasteiger partial charge in [0, 0.05) is 37.6 Å². The number of nitrogens with zero attached hydrogens (tertiary/aromatic N) is 9. The summed E-state index contributed by atoms with van der Waals surface area (Å²) in [6, 6.07) is 52.0. The molecule has 0 spiro atoms. The molecule has 4 aromatic heterocycles. The van der Waals surface area contributed by atoms with Gasteiger partial charge in [-0.2, -0.15) is 0 Å². The molecule has 4 heterocycles. The van der Waals surface area contributed by atoms with E-state index in [-0.39, 0.29) is 33.2 Å². The van der Waals surface area contributed by atoms with Gasteiger partial charge in [0.25, 0.3) is 0 Å². The van der Waals surface area contributed by atoms with E-state index in [1.165, 1.54) is 10.4 Å². The first-order chi connectivity index (χ1) is 38.0. The van der Waals surface area contributed by atoms with Gasteiger partial charge in [-0.1, -0.05) is 204 Å². The Morgan fingerprint density at radius 3 is 1.35 bits per heavy atom. The van der Waals surface area contributed by atoms with Crippen LogP contribution in [0.2, 0.25) is 10.0 Å². The quantitative estimate of drug-likeness (QED) is 0.145. The lowest BCUT2D eigenvalue weighted by molar-refractivity contribution is 0.438. The molecular formula is C67H71Cl2N9O3. The topological polar surface area (TPSA) is 136 Å². The van der Waals surface area contributed by atoms with Gasteiger partial charge in [-0.3, -0.25) is 0 Å². The smallest absolute Gasteiger partial charge is 0.147 e. The standard InChI is InChI=1S/C30H29N3O.C20H24ClN3O.C17H18ClN3O/c1-29(2,21-13-7-5-8-14-21)23-19-24(30(3,4)22-15-9-6-10-16-22)28(34)27(20-23)33-31-25-17-11-12-18-26(25)32-33;1-19(2,3)12-9-14(20(4,5)6)18(25)17(10-12)24-22-15-8-7-13(21)11-16(15)23-24;1-10-7-12(17(2,3)4)16(22)15(8-10)21-19-13-6-5-11(18)9-14(13)20(19)21/h5-20,34H,1-4H3;7-11,25H,1-6H3;5-9,22H,1-4H3. The van der Waals surface area contributed by atoms with Crippen LogP contribution in [0, 0.1) is 6.92 Å². The summed E-state index contributed by atoms with van der Waals surface area (Å²) in [5.74, 6) is 0.748. The first kappa shape index (κ1) is 56.2. The van der Waals surface area contributed by atoms with Crippen LogP contribution in [-0.4, -0.2) is 59.4 Å². The minimum Gasteiger partial charge on any atom is -0.505 e. The van der Waals surface area contributed by atoms with Crippen LogP contribution in [0.4, 0.5) is 0 Å². The number of benzene rings is 8. The Kier molecular flexibility index (Phi) is 14.2. The molecule has 0 unspecified atom stereocenters. The summed E-state index contributed by atoms with van der Waals surface area (Å²) >= 11 is 12.1. The number of aromatic nitrogens is 9. The average Bonchev–Trinajstić information content (AvgIpc) is 1.68. The fourth-order valence-corrected chi connectivity index (χ4v) is 10.7. The van der Waals surface area contributed by atoms with Crippen LogP contribution in [0.25, 0.3) is 50.2 Å². The van der Waals surface area contributed by atoms with Crippen molar-refractivity contribution in [2.45, 2.75) is 124 Å². The molecule has 0 fully saturated rings. The summed E-state index contributed by atoms with van der Waals surface area (Å²) in [4.78, 5) is 5.04. The second kappa shape index (κ2) is 20.5. The van der Waals surface area contributed by atoms with E-state index in [0.29, 0.717) is 32.7 Å². The van der Waals surface area contributed by atoms with Crippen molar-refractivity contribution < 1.29 is 15.3 Å². The second-order valence-electron chi connectivity index (χ2n) is 25.3. The van der Waals surface area contributed by atoms with Crippen LogP contribution in [0.15, 0.2) is 158 Å². The van der Waals surface area contributed by atoms with Gasteiger partial charge in [0.05, 0.1) is 0 Å². The predicted octanol–water partition coefficient (Wildman–Crippen LogP) is 16.5. The highest BCUT2D eigenvalue weighted by molar-refractivity contribution is 6.31. The predicted molar refractivity (Wildman–Crippen MR) is 330 cm³/mol. The maximum atomic E-state index is 11.6. The molecule has 0 bridgehead atoms. The van der Waals surface area contributed by atoms with Crippen molar-refractivity contribution in [1.82, 2.24) is 44.0 Å². The monoisotopic (exact) mass is 1120 g/mol. The first-order valence-corrected chi connectivity index (χ1v) is 28.1. The van der Waals surface area contributed by atoms with Crippen LogP contribution in [0.1, 0.15) is 135 Å². The van der Waals surface area contributed by atoms with Gasteiger partial charge < -0.3 is 15.3 Å². The molecule has 0 amide bonds. The zero-order valence-corrected chi connectivity index (χ0v) is 50.1. The van der Waals surface area contributed by atoms with Gasteiger partial charge in [-0.25, -0.2) is 0 Å². The third-order valence-electron chi connectivity index (χ3n) is 15.4. The van der Waals surface area contributed by atoms with Gasteiger partial charge in [-0.05, 0) is 118 Å². The summed E-state index contributed by atoms with van der Waals surface area (Å²) < 4.78 is 4.02. The molecule has 12 rings (SSSR count). The fourth-order valence-electron chi connectivity index (χ4n) is 10.4. The van der Waals surface area contributed by atoms with Gasteiger partial charge in [0.15, 0.2) is 0 Å². The number of fused-ring (bicyclic) bond motifs is 6. The maximum Gasteiger partial charge on any atom is 0.147 e. The Hall–Kier alpha value is -8.06. The number of aromatic hydroxyl groups is 3. The summed E-state index contributed by atoms with van der Waals surface area (Å²) in [6.45, 7) is 29.8. The molecule has 3 N–H and O–H groups in total. The van der Waals surface area contributed by atoms with E-state index in [9.17, 15) is 15.3 Å². The van der Waals surface area contributed by atoms with Crippen LogP contribution >= 0.6 is 23.2 Å². The molecule has 0 atom stereocenters. The number of phenols is 3. The highest BCUT2D eigenvalue weighted by Gasteiger charge is 2.34. The zero-order valence-electron chi connectivity index (χ0n) is 48.6. The minimum atomic E-state index is -0.435. The van der Waals surface area contributed by atoms with Crippen LogP contribution in [0.3, 0.4) is 0 Å². The molecule has 0 saturated heterocycles. The van der Waals surface area contributed by atoms with Gasteiger partial charge in [0.1, 0.15) is 67.4 Å². The molecule has 12 aromatic rings. The lowest BCUT2D eigenvalue weighted by Gasteiger charge is -2.32. The molecule has 0 saturated carbocycles. The van der Waals surface area contributed by atoms with Gasteiger partial charge in [-0.15, -0.1) is 44.0 Å². The van der Waals surface area contributed by atoms with Crippen molar-refractivity contribution in [3.8, 4) is 34.3 Å². The maximum absolute atomic E-state index is 11.6. The SMILES string of the molecule is CC(C)(C)c1cc(-n2nc3ccc(Cl)cc3n2)c(O)c(C(C)(C)C)c1.CC(C)(c1ccccc1)c1cc(-n2nc3ccccc3n2)c(O)c(C(C)(C)c2ccccc2)c1.Cc1cc(-n2n3c4ccc(Cl)cc4n23)c(O)c(C(C)(C)C)c1. The summed E-state index contributed by atoms with van der Waals surface area (Å²) in [5, 5.41) is 53.0. The number of phenolic OH excluding ortho intramolecular Hbond substituents is 3. The van der Waals surface area contributed by atoms with Gasteiger partial charge >= 0.3 is 0 Å². The zero-order chi connectivity index (χ0) is 58.3. The van der Waals surface area contributed by atoms with E-state index < -0.39 is 5.41 Å². The van der Waals surface area contributed by atoms with Crippen molar-refractivity contribution in [3.05, 3.63) is 212 Å². The molecule has 416 valence electrons. The Morgan fingerprint density at radius 2 is 0.790 bits per heavy atom. The third kappa shape index (κ3) is 10.7. The molecule has 0 radical (unpaired) electrons. The number of hydrogen-bond donors (Lipinski definition) is 3. The number of rotatable bonds is 7.